The van der Waals surface area contributed by atoms with E-state index < -0.39 is 0 Å². The van der Waals surface area contributed by atoms with Crippen LogP contribution in [0.15, 0.2) is 36.5 Å². The molecule has 1 unspecified atom stereocenters. The van der Waals surface area contributed by atoms with E-state index in [9.17, 15) is 4.79 Å². The van der Waals surface area contributed by atoms with E-state index in [4.69, 9.17) is 9.47 Å². The van der Waals surface area contributed by atoms with Crippen LogP contribution in [0.5, 0.6) is 11.5 Å². The Bertz CT molecular complexity index is 1170. The minimum Gasteiger partial charge on any atom is -0.494 e. The molecule has 1 saturated heterocycles. The summed E-state index contributed by atoms with van der Waals surface area (Å²) in [7, 11) is 0. The van der Waals surface area contributed by atoms with Gasteiger partial charge in [-0.05, 0) is 70.7 Å². The lowest BCUT2D eigenvalue weighted by molar-refractivity contribution is 0.0609. The molecular weight excluding hydrogens is 464 g/mol. The molecule has 1 N–H and O–H groups in total. The van der Waals surface area contributed by atoms with Crippen molar-refractivity contribution in [1.29, 1.82) is 0 Å². The zero-order valence-electron chi connectivity index (χ0n) is 21.0. The van der Waals surface area contributed by atoms with Crippen LogP contribution in [0.2, 0.25) is 0 Å². The van der Waals surface area contributed by atoms with Gasteiger partial charge in [0, 0.05) is 35.9 Å². The number of amides is 1. The summed E-state index contributed by atoms with van der Waals surface area (Å²) >= 11 is 0. The first kappa shape index (κ1) is 26.5. The summed E-state index contributed by atoms with van der Waals surface area (Å²) in [6.07, 6.45) is 5.83. The van der Waals surface area contributed by atoms with Crippen molar-refractivity contribution in [1.82, 2.24) is 14.9 Å². The molecule has 4 rings (SSSR count). The Morgan fingerprint density at radius 2 is 1.91 bits per heavy atom. The second-order valence-electron chi connectivity index (χ2n) is 8.58. The molecule has 35 heavy (non-hydrogen) atoms. The number of pyridine rings is 2. The number of likely N-dealkylation sites (tertiary alicyclic amines) is 1. The largest absolute Gasteiger partial charge is 0.494 e. The number of benzene rings is 1. The van der Waals surface area contributed by atoms with Crippen molar-refractivity contribution < 1.29 is 14.3 Å². The van der Waals surface area contributed by atoms with Crippen molar-refractivity contribution in [3.8, 4) is 11.5 Å². The maximum absolute atomic E-state index is 13.8. The summed E-state index contributed by atoms with van der Waals surface area (Å²) in [5, 5.41) is 4.30. The summed E-state index contributed by atoms with van der Waals surface area (Å²) in [5.74, 6) is 1.43. The molecule has 2 aromatic heterocycles. The summed E-state index contributed by atoms with van der Waals surface area (Å²) in [4.78, 5) is 25.0. The van der Waals surface area contributed by atoms with Gasteiger partial charge >= 0.3 is 0 Å². The molecular formula is C27H35ClN4O3. The quantitative estimate of drug-likeness (QED) is 0.392. The minimum atomic E-state index is 0. The maximum atomic E-state index is 13.8. The monoisotopic (exact) mass is 498 g/mol. The van der Waals surface area contributed by atoms with Gasteiger partial charge in [-0.2, -0.15) is 0 Å². The Morgan fingerprint density at radius 3 is 2.66 bits per heavy atom. The van der Waals surface area contributed by atoms with Crippen molar-refractivity contribution in [2.75, 3.05) is 25.1 Å². The van der Waals surface area contributed by atoms with Gasteiger partial charge in [-0.1, -0.05) is 6.92 Å². The summed E-state index contributed by atoms with van der Waals surface area (Å²) < 4.78 is 11.6. The van der Waals surface area contributed by atoms with E-state index in [0.717, 1.165) is 54.7 Å². The fourth-order valence-electron chi connectivity index (χ4n) is 4.60. The molecule has 188 valence electrons. The number of carbonyl (C=O) groups excluding carboxylic acids is 1. The standard InChI is InChI=1S/C27H34N4O3.ClH/c1-5-19-10-8-9-15-31(19)27(32)22-17-28-26-21(13-11-18(4)29-26)25(22)30-23-16-20(33-6-2)12-14-24(23)34-7-3;/h11-14,16-17,19H,5-10,15H2,1-4H3,(H,28,29,30);1H. The molecule has 1 aliphatic heterocycles. The van der Waals surface area contributed by atoms with Crippen molar-refractivity contribution >= 4 is 40.7 Å². The van der Waals surface area contributed by atoms with E-state index in [0.29, 0.717) is 35.9 Å². The number of fused-ring (bicyclic) bond motifs is 1. The maximum Gasteiger partial charge on any atom is 0.257 e. The zero-order valence-corrected chi connectivity index (χ0v) is 21.8. The van der Waals surface area contributed by atoms with Crippen LogP contribution < -0.4 is 14.8 Å². The van der Waals surface area contributed by atoms with E-state index in [1.165, 1.54) is 0 Å². The Balaban J connectivity index is 0.00000342. The van der Waals surface area contributed by atoms with Crippen LogP contribution in [0, 0.1) is 6.92 Å². The molecule has 0 radical (unpaired) electrons. The molecule has 1 aliphatic rings. The molecule has 7 nitrogen and oxygen atoms in total. The third-order valence-corrected chi connectivity index (χ3v) is 6.28. The molecule has 1 amide bonds. The van der Waals surface area contributed by atoms with E-state index in [1.807, 2.05) is 56.0 Å². The highest BCUT2D eigenvalue weighted by molar-refractivity contribution is 6.07. The van der Waals surface area contributed by atoms with Crippen LogP contribution in [0.25, 0.3) is 11.0 Å². The molecule has 3 heterocycles. The summed E-state index contributed by atoms with van der Waals surface area (Å²) in [6, 6.07) is 9.86. The normalized spacial score (nSPS) is 15.4. The van der Waals surface area contributed by atoms with Crippen LogP contribution in [-0.2, 0) is 0 Å². The summed E-state index contributed by atoms with van der Waals surface area (Å²) in [6.45, 7) is 9.84. The number of halogens is 1. The number of nitrogens with one attached hydrogen (secondary N) is 1. The first-order valence-corrected chi connectivity index (χ1v) is 12.3. The topological polar surface area (TPSA) is 76.6 Å². The van der Waals surface area contributed by atoms with Gasteiger partial charge in [-0.25, -0.2) is 9.97 Å². The number of nitrogens with zero attached hydrogens (tertiary/aromatic N) is 3. The van der Waals surface area contributed by atoms with Gasteiger partial charge in [0.1, 0.15) is 11.5 Å². The molecule has 8 heteroatoms. The third-order valence-electron chi connectivity index (χ3n) is 6.28. The average Bonchev–Trinajstić information content (AvgIpc) is 2.85. The minimum absolute atomic E-state index is 0. The highest BCUT2D eigenvalue weighted by atomic mass is 35.5. The lowest BCUT2D eigenvalue weighted by atomic mass is 9.98. The SMILES string of the molecule is CCOc1ccc(OCC)c(Nc2c(C(=O)N3CCCCC3CC)cnc3nc(C)ccc23)c1.Cl. The second-order valence-corrected chi connectivity index (χ2v) is 8.58. The Morgan fingerprint density at radius 1 is 1.11 bits per heavy atom. The number of carbonyl (C=O) groups is 1. The number of hydrogen-bond donors (Lipinski definition) is 1. The van der Waals surface area contributed by atoms with Crippen LogP contribution in [-0.4, -0.2) is 46.6 Å². The van der Waals surface area contributed by atoms with Gasteiger partial charge < -0.3 is 19.7 Å². The number of hydrogen-bond acceptors (Lipinski definition) is 6. The molecule has 3 aromatic rings. The first-order chi connectivity index (χ1) is 16.5. The number of ether oxygens (including phenoxy) is 2. The lowest BCUT2D eigenvalue weighted by Crippen LogP contribution is -2.43. The molecule has 1 atom stereocenters. The number of piperidine rings is 1. The van der Waals surface area contributed by atoms with Crippen molar-refractivity contribution in [3.63, 3.8) is 0 Å². The molecule has 0 saturated carbocycles. The van der Waals surface area contributed by atoms with Crippen LogP contribution in [0.1, 0.15) is 62.5 Å². The van der Waals surface area contributed by atoms with Crippen molar-refractivity contribution in [3.05, 3.63) is 47.8 Å². The number of anilines is 2. The van der Waals surface area contributed by atoms with E-state index in [-0.39, 0.29) is 24.4 Å². The van der Waals surface area contributed by atoms with E-state index in [2.05, 4.69) is 22.2 Å². The molecule has 0 aliphatic carbocycles. The fourth-order valence-corrected chi connectivity index (χ4v) is 4.60. The Hall–Kier alpha value is -3.06. The molecule has 1 fully saturated rings. The smallest absolute Gasteiger partial charge is 0.257 e. The Kier molecular flexibility index (Phi) is 9.15. The number of aryl methyl sites for hydroxylation is 1. The first-order valence-electron chi connectivity index (χ1n) is 12.3. The van der Waals surface area contributed by atoms with Gasteiger partial charge in [0.25, 0.3) is 5.91 Å². The predicted octanol–water partition coefficient (Wildman–Crippen LogP) is 6.31. The van der Waals surface area contributed by atoms with Gasteiger partial charge in [0.15, 0.2) is 5.65 Å². The summed E-state index contributed by atoms with van der Waals surface area (Å²) in [5.41, 5.74) is 3.45. The third kappa shape index (κ3) is 5.78. The molecule has 1 aromatic carbocycles. The predicted molar refractivity (Wildman–Crippen MR) is 143 cm³/mol. The second kappa shape index (κ2) is 12.1. The number of rotatable bonds is 8. The highest BCUT2D eigenvalue weighted by Crippen LogP contribution is 2.36. The van der Waals surface area contributed by atoms with Crippen LogP contribution in [0.3, 0.4) is 0 Å². The average molecular weight is 499 g/mol. The van der Waals surface area contributed by atoms with Gasteiger partial charge in [0.05, 0.1) is 30.2 Å². The van der Waals surface area contributed by atoms with Crippen molar-refractivity contribution in [2.45, 2.75) is 59.4 Å². The number of aromatic nitrogens is 2. The van der Waals surface area contributed by atoms with E-state index >= 15 is 0 Å². The zero-order chi connectivity index (χ0) is 24.1. The highest BCUT2D eigenvalue weighted by Gasteiger charge is 2.29. The van der Waals surface area contributed by atoms with Gasteiger partial charge in [-0.3, -0.25) is 4.79 Å². The van der Waals surface area contributed by atoms with E-state index in [1.54, 1.807) is 6.20 Å². The van der Waals surface area contributed by atoms with Crippen LogP contribution in [0.4, 0.5) is 11.4 Å². The lowest BCUT2D eigenvalue weighted by Gasteiger charge is -2.35. The van der Waals surface area contributed by atoms with Crippen LogP contribution >= 0.6 is 12.4 Å². The molecule has 0 bridgehead atoms. The van der Waals surface area contributed by atoms with Crippen molar-refractivity contribution in [2.24, 2.45) is 0 Å². The van der Waals surface area contributed by atoms with Gasteiger partial charge in [-0.15, -0.1) is 12.4 Å². The molecule has 0 spiro atoms. The van der Waals surface area contributed by atoms with Gasteiger partial charge in [0.2, 0.25) is 0 Å². The Labute approximate surface area is 213 Å². The fraction of sp³-hybridized carbons (Fsp3) is 0.444.